The van der Waals surface area contributed by atoms with Crippen LogP contribution in [0.5, 0.6) is 11.5 Å². The zero-order valence-corrected chi connectivity index (χ0v) is 14.9. The second kappa shape index (κ2) is 7.52. The van der Waals surface area contributed by atoms with Gasteiger partial charge in [-0.3, -0.25) is 9.59 Å². The summed E-state index contributed by atoms with van der Waals surface area (Å²) < 4.78 is 11.0. The first-order chi connectivity index (χ1) is 12.1. The number of benzene rings is 1. The van der Waals surface area contributed by atoms with Crippen LogP contribution in [-0.4, -0.2) is 48.0 Å². The Morgan fingerprint density at radius 2 is 2.04 bits per heavy atom. The highest BCUT2D eigenvalue weighted by Gasteiger charge is 2.20. The molecule has 1 aliphatic rings. The van der Waals surface area contributed by atoms with Gasteiger partial charge in [0.25, 0.3) is 5.91 Å². The molecule has 7 nitrogen and oxygen atoms in total. The number of fused-ring (bicyclic) bond motifs is 1. The van der Waals surface area contributed by atoms with E-state index < -0.39 is 0 Å². The molecule has 2 amide bonds. The lowest BCUT2D eigenvalue weighted by Crippen LogP contribution is -2.37. The summed E-state index contributed by atoms with van der Waals surface area (Å²) in [6.07, 6.45) is 1.55. The van der Waals surface area contributed by atoms with E-state index in [4.69, 9.17) is 9.47 Å². The number of amides is 2. The highest BCUT2D eigenvalue weighted by molar-refractivity contribution is 7.13. The number of hydrogen-bond acceptors (Lipinski definition) is 6. The van der Waals surface area contributed by atoms with Crippen LogP contribution in [0.2, 0.25) is 0 Å². The van der Waals surface area contributed by atoms with Gasteiger partial charge in [-0.15, -0.1) is 11.3 Å². The van der Waals surface area contributed by atoms with Crippen LogP contribution in [0.25, 0.3) is 0 Å². The van der Waals surface area contributed by atoms with E-state index in [1.54, 1.807) is 24.4 Å². The second-order valence-corrected chi connectivity index (χ2v) is 6.70. The van der Waals surface area contributed by atoms with Gasteiger partial charge >= 0.3 is 0 Å². The Labute approximate surface area is 149 Å². The van der Waals surface area contributed by atoms with Gasteiger partial charge in [0.15, 0.2) is 11.5 Å². The van der Waals surface area contributed by atoms with Crippen molar-refractivity contribution in [1.82, 2.24) is 9.88 Å². The van der Waals surface area contributed by atoms with Crippen LogP contribution in [0.1, 0.15) is 21.6 Å². The maximum Gasteiger partial charge on any atom is 0.266 e. The van der Waals surface area contributed by atoms with Crippen molar-refractivity contribution in [2.75, 3.05) is 31.6 Å². The van der Waals surface area contributed by atoms with Gasteiger partial charge < -0.3 is 19.7 Å². The zero-order chi connectivity index (χ0) is 17.8. The lowest BCUT2D eigenvalue weighted by atomic mass is 10.2. The standard InChI is InChI=1S/C17H19N3O4S/c1-3-20(17(22)15-9-18-11(2)25-15)10-16(21)19-12-4-5-13-14(8-12)24-7-6-23-13/h4-5,8-9H,3,6-7,10H2,1-2H3,(H,19,21). The largest absolute Gasteiger partial charge is 0.486 e. The Bertz CT molecular complexity index is 790. The van der Waals surface area contributed by atoms with E-state index in [9.17, 15) is 9.59 Å². The van der Waals surface area contributed by atoms with E-state index >= 15 is 0 Å². The molecule has 0 fully saturated rings. The topological polar surface area (TPSA) is 80.8 Å². The lowest BCUT2D eigenvalue weighted by molar-refractivity contribution is -0.116. The fourth-order valence-corrected chi connectivity index (χ4v) is 3.18. The normalized spacial score (nSPS) is 12.6. The highest BCUT2D eigenvalue weighted by Crippen LogP contribution is 2.32. The molecule has 1 N–H and O–H groups in total. The maximum atomic E-state index is 12.4. The minimum Gasteiger partial charge on any atom is -0.486 e. The molecule has 0 radical (unpaired) electrons. The van der Waals surface area contributed by atoms with Crippen molar-refractivity contribution in [3.8, 4) is 11.5 Å². The number of thiazole rings is 1. The van der Waals surface area contributed by atoms with Crippen LogP contribution in [0.3, 0.4) is 0 Å². The Morgan fingerprint density at radius 3 is 2.72 bits per heavy atom. The minimum absolute atomic E-state index is 0.0271. The van der Waals surface area contributed by atoms with Gasteiger partial charge in [-0.2, -0.15) is 0 Å². The molecule has 1 aromatic carbocycles. The first kappa shape index (κ1) is 17.2. The number of rotatable bonds is 5. The molecule has 2 aromatic rings. The van der Waals surface area contributed by atoms with Gasteiger partial charge in [-0.05, 0) is 26.0 Å². The zero-order valence-electron chi connectivity index (χ0n) is 14.1. The fourth-order valence-electron chi connectivity index (χ4n) is 2.44. The molecule has 0 saturated carbocycles. The number of nitrogens with one attached hydrogen (secondary N) is 1. The summed E-state index contributed by atoms with van der Waals surface area (Å²) in [4.78, 5) is 30.9. The maximum absolute atomic E-state index is 12.4. The van der Waals surface area contributed by atoms with Crippen molar-refractivity contribution < 1.29 is 19.1 Å². The molecule has 8 heteroatoms. The van der Waals surface area contributed by atoms with Crippen molar-refractivity contribution in [1.29, 1.82) is 0 Å². The summed E-state index contributed by atoms with van der Waals surface area (Å²) in [6, 6.07) is 5.22. The van der Waals surface area contributed by atoms with Crippen LogP contribution in [-0.2, 0) is 4.79 Å². The van der Waals surface area contributed by atoms with Gasteiger partial charge in [0.1, 0.15) is 24.6 Å². The number of aromatic nitrogens is 1. The number of hydrogen-bond donors (Lipinski definition) is 1. The van der Waals surface area contributed by atoms with E-state index in [1.807, 2.05) is 13.8 Å². The van der Waals surface area contributed by atoms with Crippen molar-refractivity contribution >= 4 is 28.8 Å². The van der Waals surface area contributed by atoms with Crippen molar-refractivity contribution in [2.45, 2.75) is 13.8 Å². The number of carbonyl (C=O) groups is 2. The van der Waals surface area contributed by atoms with Crippen molar-refractivity contribution in [3.05, 3.63) is 34.3 Å². The van der Waals surface area contributed by atoms with Crippen molar-refractivity contribution in [2.24, 2.45) is 0 Å². The molecule has 0 bridgehead atoms. The molecule has 1 aliphatic heterocycles. The highest BCUT2D eigenvalue weighted by atomic mass is 32.1. The number of likely N-dealkylation sites (N-methyl/N-ethyl adjacent to an activating group) is 1. The molecule has 0 aliphatic carbocycles. The average molecular weight is 361 g/mol. The molecule has 1 aromatic heterocycles. The van der Waals surface area contributed by atoms with E-state index in [2.05, 4.69) is 10.3 Å². The van der Waals surface area contributed by atoms with Gasteiger partial charge in [0.2, 0.25) is 5.91 Å². The summed E-state index contributed by atoms with van der Waals surface area (Å²) in [5.41, 5.74) is 0.603. The third-order valence-electron chi connectivity index (χ3n) is 3.66. The van der Waals surface area contributed by atoms with Crippen LogP contribution in [0, 0.1) is 6.92 Å². The number of aryl methyl sites for hydroxylation is 1. The van der Waals surface area contributed by atoms with Gasteiger partial charge in [0, 0.05) is 18.3 Å². The van der Waals surface area contributed by atoms with E-state index in [0.717, 1.165) is 5.01 Å². The molecule has 132 valence electrons. The number of carbonyl (C=O) groups excluding carboxylic acids is 2. The Morgan fingerprint density at radius 1 is 1.28 bits per heavy atom. The summed E-state index contributed by atoms with van der Waals surface area (Å²) in [5, 5.41) is 3.61. The van der Waals surface area contributed by atoms with Gasteiger partial charge in [-0.25, -0.2) is 4.98 Å². The summed E-state index contributed by atoms with van der Waals surface area (Å²) in [7, 11) is 0. The second-order valence-electron chi connectivity index (χ2n) is 5.47. The average Bonchev–Trinajstić information content (AvgIpc) is 3.05. The third kappa shape index (κ3) is 4.08. The summed E-state index contributed by atoms with van der Waals surface area (Å²) in [6.45, 7) is 5.08. The van der Waals surface area contributed by atoms with Crippen LogP contribution < -0.4 is 14.8 Å². The summed E-state index contributed by atoms with van der Waals surface area (Å²) in [5.74, 6) is 0.807. The molecular formula is C17H19N3O4S. The van der Waals surface area contributed by atoms with Crippen LogP contribution in [0.4, 0.5) is 5.69 Å². The monoisotopic (exact) mass is 361 g/mol. The lowest BCUT2D eigenvalue weighted by Gasteiger charge is -2.21. The number of nitrogens with zero attached hydrogens (tertiary/aromatic N) is 2. The Kier molecular flexibility index (Phi) is 5.18. The minimum atomic E-state index is -0.270. The molecule has 0 saturated heterocycles. The van der Waals surface area contributed by atoms with E-state index in [1.165, 1.54) is 16.2 Å². The number of ether oxygens (including phenoxy) is 2. The fraction of sp³-hybridized carbons (Fsp3) is 0.353. The predicted octanol–water partition coefficient (Wildman–Crippen LogP) is 2.32. The Hall–Kier alpha value is -2.61. The van der Waals surface area contributed by atoms with Crippen LogP contribution >= 0.6 is 11.3 Å². The molecule has 0 spiro atoms. The van der Waals surface area contributed by atoms with E-state index in [-0.39, 0.29) is 18.4 Å². The molecule has 0 atom stereocenters. The molecular weight excluding hydrogens is 342 g/mol. The molecule has 2 heterocycles. The predicted molar refractivity (Wildman–Crippen MR) is 94.5 cm³/mol. The summed E-state index contributed by atoms with van der Waals surface area (Å²) >= 11 is 1.32. The van der Waals surface area contributed by atoms with E-state index in [0.29, 0.717) is 41.8 Å². The molecule has 3 rings (SSSR count). The SMILES string of the molecule is CCN(CC(=O)Nc1ccc2c(c1)OCCO2)C(=O)c1cnc(C)s1. The van der Waals surface area contributed by atoms with Crippen molar-refractivity contribution in [3.63, 3.8) is 0 Å². The molecule has 25 heavy (non-hydrogen) atoms. The number of anilines is 1. The first-order valence-corrected chi connectivity index (χ1v) is 8.79. The Balaban J connectivity index is 1.63. The first-order valence-electron chi connectivity index (χ1n) is 7.98. The van der Waals surface area contributed by atoms with Gasteiger partial charge in [0.05, 0.1) is 11.2 Å². The van der Waals surface area contributed by atoms with Crippen LogP contribution in [0.15, 0.2) is 24.4 Å². The quantitative estimate of drug-likeness (QED) is 0.884. The molecule has 0 unspecified atom stereocenters. The van der Waals surface area contributed by atoms with Gasteiger partial charge in [-0.1, -0.05) is 0 Å². The smallest absolute Gasteiger partial charge is 0.266 e. The third-order valence-corrected chi connectivity index (χ3v) is 4.56.